The average Bonchev–Trinajstić information content (AvgIpc) is 1.99. The summed E-state index contributed by atoms with van der Waals surface area (Å²) in [7, 11) is 0. The van der Waals surface area contributed by atoms with Gasteiger partial charge in [0.1, 0.15) is 0 Å². The molecular weight excluding hydrogens is 136 g/mol. The summed E-state index contributed by atoms with van der Waals surface area (Å²) in [6.45, 7) is -0.502. The van der Waals surface area contributed by atoms with Crippen LogP contribution in [0.5, 0.6) is 0 Å². The Morgan fingerprint density at radius 2 is 2.00 bits per heavy atom. The third-order valence-corrected chi connectivity index (χ3v) is 0.891. The third kappa shape index (κ3) is 3.23. The first-order valence-corrected chi connectivity index (χ1v) is 2.76. The van der Waals surface area contributed by atoms with Crippen LogP contribution in [0.3, 0.4) is 0 Å². The maximum absolute atomic E-state index is 8.48. The van der Waals surface area contributed by atoms with Crippen molar-refractivity contribution in [3.8, 4) is 0 Å². The zero-order chi connectivity index (χ0) is 7.98. The van der Waals surface area contributed by atoms with E-state index in [0.29, 0.717) is 0 Å². The minimum absolute atomic E-state index is 0.00639. The minimum atomic E-state index is -0.587. The highest BCUT2D eigenvalue weighted by Gasteiger charge is 2.01. The number of nitrogens with one attached hydrogen (secondary N) is 1. The van der Waals surface area contributed by atoms with Crippen LogP contribution in [0, 0.1) is 0 Å². The zero-order valence-electron chi connectivity index (χ0n) is 5.49. The maximum Gasteiger partial charge on any atom is 0.203 e. The summed E-state index contributed by atoms with van der Waals surface area (Å²) in [4.78, 5) is 3.59. The van der Waals surface area contributed by atoms with Crippen molar-refractivity contribution in [3.05, 3.63) is 0 Å². The van der Waals surface area contributed by atoms with E-state index >= 15 is 0 Å². The molecule has 6 heteroatoms. The van der Waals surface area contributed by atoms with Gasteiger partial charge >= 0.3 is 0 Å². The smallest absolute Gasteiger partial charge is 0.203 e. The molecular formula is C4H12N4O2. The molecule has 0 radical (unpaired) electrons. The van der Waals surface area contributed by atoms with Gasteiger partial charge in [-0.25, -0.2) is 10.8 Å². The molecule has 6 nitrogen and oxygen atoms in total. The van der Waals surface area contributed by atoms with E-state index in [9.17, 15) is 0 Å². The summed E-state index contributed by atoms with van der Waals surface area (Å²) < 4.78 is 0. The Labute approximate surface area is 58.5 Å². The Bertz CT molecular complexity index is 112. The Morgan fingerprint density at radius 3 is 2.30 bits per heavy atom. The van der Waals surface area contributed by atoms with Crippen LogP contribution in [0.1, 0.15) is 0 Å². The van der Waals surface area contributed by atoms with Crippen molar-refractivity contribution in [2.45, 2.75) is 6.04 Å². The molecule has 0 aliphatic rings. The second-order valence-electron chi connectivity index (χ2n) is 1.68. The molecule has 0 aromatic carbocycles. The number of nitrogens with two attached hydrogens (primary N) is 2. The second-order valence-corrected chi connectivity index (χ2v) is 1.68. The summed E-state index contributed by atoms with van der Waals surface area (Å²) in [6.07, 6.45) is 0. The lowest BCUT2D eigenvalue weighted by Gasteiger charge is -2.05. The Hall–Kier alpha value is -0.850. The van der Waals surface area contributed by atoms with Gasteiger partial charge in [-0.1, -0.05) is 0 Å². The molecule has 0 amide bonds. The summed E-state index contributed by atoms with van der Waals surface area (Å²) in [5.41, 5.74) is 7.19. The first-order valence-electron chi connectivity index (χ1n) is 2.76. The van der Waals surface area contributed by atoms with E-state index in [1.807, 2.05) is 0 Å². The van der Waals surface area contributed by atoms with Crippen LogP contribution >= 0.6 is 0 Å². The maximum atomic E-state index is 8.48. The lowest BCUT2D eigenvalue weighted by atomic mass is 10.4. The third-order valence-electron chi connectivity index (χ3n) is 0.891. The average molecular weight is 148 g/mol. The first-order chi connectivity index (χ1) is 4.74. The van der Waals surface area contributed by atoms with Crippen LogP contribution in [0.25, 0.3) is 0 Å². The molecule has 0 unspecified atom stereocenters. The van der Waals surface area contributed by atoms with Gasteiger partial charge in [-0.15, -0.1) is 0 Å². The SMILES string of the molecule is NNC(N)=NC(CO)CO. The number of aliphatic hydroxyl groups excluding tert-OH is 2. The van der Waals surface area contributed by atoms with Crippen molar-refractivity contribution in [3.63, 3.8) is 0 Å². The van der Waals surface area contributed by atoms with Crippen LogP contribution in [0.15, 0.2) is 4.99 Å². The molecule has 0 aromatic rings. The van der Waals surface area contributed by atoms with Gasteiger partial charge in [0, 0.05) is 0 Å². The second kappa shape index (κ2) is 4.98. The van der Waals surface area contributed by atoms with Gasteiger partial charge in [0.2, 0.25) is 5.96 Å². The van der Waals surface area contributed by atoms with Crippen LogP contribution in [-0.2, 0) is 0 Å². The molecule has 0 fully saturated rings. The Morgan fingerprint density at radius 1 is 1.50 bits per heavy atom. The van der Waals surface area contributed by atoms with Crippen LogP contribution in [-0.4, -0.2) is 35.4 Å². The molecule has 0 atom stereocenters. The number of hydrogen-bond acceptors (Lipinski definition) is 4. The van der Waals surface area contributed by atoms with Gasteiger partial charge in [-0.3, -0.25) is 5.43 Å². The van der Waals surface area contributed by atoms with Gasteiger partial charge in [0.15, 0.2) is 0 Å². The number of rotatable bonds is 3. The normalized spacial score (nSPS) is 12.2. The van der Waals surface area contributed by atoms with Crippen LogP contribution in [0.2, 0.25) is 0 Å². The van der Waals surface area contributed by atoms with E-state index < -0.39 is 6.04 Å². The van der Waals surface area contributed by atoms with E-state index in [4.69, 9.17) is 21.8 Å². The van der Waals surface area contributed by atoms with E-state index in [1.54, 1.807) is 0 Å². The molecule has 0 rings (SSSR count). The van der Waals surface area contributed by atoms with Gasteiger partial charge in [0.05, 0.1) is 19.3 Å². The van der Waals surface area contributed by atoms with Gasteiger partial charge in [-0.05, 0) is 0 Å². The van der Waals surface area contributed by atoms with Gasteiger partial charge < -0.3 is 15.9 Å². The Kier molecular flexibility index (Phi) is 4.55. The lowest BCUT2D eigenvalue weighted by molar-refractivity contribution is 0.195. The number of aliphatic hydroxyl groups is 2. The molecule has 10 heavy (non-hydrogen) atoms. The van der Waals surface area contributed by atoms with E-state index in [-0.39, 0.29) is 19.2 Å². The van der Waals surface area contributed by atoms with Crippen molar-refractivity contribution >= 4 is 5.96 Å². The predicted molar refractivity (Wildman–Crippen MR) is 36.9 cm³/mol. The minimum Gasteiger partial charge on any atom is -0.394 e. The molecule has 0 heterocycles. The predicted octanol–water partition coefficient (Wildman–Crippen LogP) is -2.88. The molecule has 0 spiro atoms. The van der Waals surface area contributed by atoms with Crippen LogP contribution in [0.4, 0.5) is 0 Å². The lowest BCUT2D eigenvalue weighted by Crippen LogP contribution is -2.38. The summed E-state index contributed by atoms with van der Waals surface area (Å²) in [5, 5.41) is 17.0. The van der Waals surface area contributed by atoms with Crippen molar-refractivity contribution in [1.82, 2.24) is 5.43 Å². The quantitative estimate of drug-likeness (QED) is 0.127. The fraction of sp³-hybridized carbons (Fsp3) is 0.750. The van der Waals surface area contributed by atoms with E-state index in [2.05, 4.69) is 10.4 Å². The highest BCUT2D eigenvalue weighted by Crippen LogP contribution is 1.85. The topological polar surface area (TPSA) is 117 Å². The number of hydrogen-bond donors (Lipinski definition) is 5. The molecule has 0 aromatic heterocycles. The molecule has 0 aliphatic carbocycles. The van der Waals surface area contributed by atoms with Crippen molar-refractivity contribution in [1.29, 1.82) is 0 Å². The van der Waals surface area contributed by atoms with E-state index in [1.165, 1.54) is 0 Å². The monoisotopic (exact) mass is 148 g/mol. The van der Waals surface area contributed by atoms with Crippen molar-refractivity contribution < 1.29 is 10.2 Å². The number of hydrazine groups is 1. The highest BCUT2D eigenvalue weighted by atomic mass is 16.3. The fourth-order valence-electron chi connectivity index (χ4n) is 0.373. The number of nitrogens with zero attached hydrogens (tertiary/aromatic N) is 1. The summed E-state index contributed by atoms with van der Waals surface area (Å²) >= 11 is 0. The molecule has 0 saturated heterocycles. The van der Waals surface area contributed by atoms with Crippen molar-refractivity contribution in [2.24, 2.45) is 16.6 Å². The Balaban J connectivity index is 3.80. The molecule has 0 bridgehead atoms. The van der Waals surface area contributed by atoms with Gasteiger partial charge in [-0.2, -0.15) is 0 Å². The number of aliphatic imine (C=N–C) groups is 1. The number of guanidine groups is 1. The first kappa shape index (κ1) is 9.15. The van der Waals surface area contributed by atoms with Gasteiger partial charge in [0.25, 0.3) is 0 Å². The summed E-state index contributed by atoms with van der Waals surface area (Å²) in [5.74, 6) is 4.85. The largest absolute Gasteiger partial charge is 0.394 e. The standard InChI is InChI=1S/C4H12N4O2/c5-4(8-6)7-3(1-9)2-10/h3,9-10H,1-2,6H2,(H3,5,7,8). The molecule has 60 valence electrons. The highest BCUT2D eigenvalue weighted by molar-refractivity contribution is 5.77. The van der Waals surface area contributed by atoms with Crippen molar-refractivity contribution in [2.75, 3.05) is 13.2 Å². The van der Waals surface area contributed by atoms with Crippen LogP contribution < -0.4 is 17.0 Å². The summed E-state index contributed by atoms with van der Waals surface area (Å²) in [6, 6.07) is -0.587. The molecule has 0 aliphatic heterocycles. The van der Waals surface area contributed by atoms with E-state index in [0.717, 1.165) is 0 Å². The molecule has 0 saturated carbocycles. The zero-order valence-corrected chi connectivity index (χ0v) is 5.49. The molecule has 7 N–H and O–H groups in total. The fourth-order valence-corrected chi connectivity index (χ4v) is 0.373.